The largest absolute Gasteiger partial charge is 0.478 e. The fraction of sp³-hybridized carbons (Fsp3) is 0.467. The number of hydrogen-bond acceptors (Lipinski definition) is 3. The Hall–Kier alpha value is -1.84. The van der Waals surface area contributed by atoms with Gasteiger partial charge in [0.05, 0.1) is 17.7 Å². The van der Waals surface area contributed by atoms with E-state index in [4.69, 9.17) is 9.84 Å². The van der Waals surface area contributed by atoms with Crippen LogP contribution in [-0.4, -0.2) is 23.7 Å². The predicted molar refractivity (Wildman–Crippen MR) is 72.6 cm³/mol. The molecule has 1 N–H and O–H groups in total. The molecular weight excluding hydrogens is 244 g/mol. The number of rotatable bonds is 7. The molecule has 19 heavy (non-hydrogen) atoms. The molecule has 104 valence electrons. The van der Waals surface area contributed by atoms with E-state index in [1.807, 2.05) is 0 Å². The van der Waals surface area contributed by atoms with Gasteiger partial charge in [0.25, 0.3) is 0 Å². The highest BCUT2D eigenvalue weighted by atomic mass is 16.5. The van der Waals surface area contributed by atoms with Gasteiger partial charge in [-0.05, 0) is 31.0 Å². The Bertz CT molecular complexity index is 451. The van der Waals surface area contributed by atoms with Crippen LogP contribution in [-0.2, 0) is 4.74 Å². The van der Waals surface area contributed by atoms with Gasteiger partial charge in [0, 0.05) is 0 Å². The van der Waals surface area contributed by atoms with Gasteiger partial charge in [-0.1, -0.05) is 32.3 Å². The summed E-state index contributed by atoms with van der Waals surface area (Å²) >= 11 is 0. The second kappa shape index (κ2) is 7.56. The van der Waals surface area contributed by atoms with E-state index >= 15 is 0 Å². The summed E-state index contributed by atoms with van der Waals surface area (Å²) in [6.07, 6.45) is 4.15. The summed E-state index contributed by atoms with van der Waals surface area (Å²) in [5.74, 6) is -1.48. The minimum absolute atomic E-state index is 0.139. The molecule has 0 aliphatic heterocycles. The first kappa shape index (κ1) is 15.2. The molecule has 1 aromatic rings. The normalized spacial score (nSPS) is 10.2. The summed E-state index contributed by atoms with van der Waals surface area (Å²) in [4.78, 5) is 22.8. The summed E-state index contributed by atoms with van der Waals surface area (Å²) in [5.41, 5.74) is 0.921. The van der Waals surface area contributed by atoms with E-state index in [0.29, 0.717) is 17.7 Å². The van der Waals surface area contributed by atoms with E-state index in [0.717, 1.165) is 25.7 Å². The van der Waals surface area contributed by atoms with Gasteiger partial charge in [-0.3, -0.25) is 0 Å². The van der Waals surface area contributed by atoms with Crippen molar-refractivity contribution in [1.82, 2.24) is 0 Å². The Morgan fingerprint density at radius 1 is 1.16 bits per heavy atom. The SMILES string of the molecule is CCCCCCOC(=O)c1cccc(C(=O)O)c1C. The van der Waals surface area contributed by atoms with E-state index in [-0.39, 0.29) is 5.56 Å². The highest BCUT2D eigenvalue weighted by molar-refractivity contribution is 5.97. The molecule has 0 saturated heterocycles. The van der Waals surface area contributed by atoms with Crippen LogP contribution in [0.2, 0.25) is 0 Å². The molecule has 1 aromatic carbocycles. The van der Waals surface area contributed by atoms with Crippen molar-refractivity contribution in [3.05, 3.63) is 34.9 Å². The minimum Gasteiger partial charge on any atom is -0.478 e. The lowest BCUT2D eigenvalue weighted by Gasteiger charge is -2.08. The number of carbonyl (C=O) groups excluding carboxylic acids is 1. The van der Waals surface area contributed by atoms with E-state index in [9.17, 15) is 9.59 Å². The van der Waals surface area contributed by atoms with Gasteiger partial charge in [-0.25, -0.2) is 9.59 Å². The van der Waals surface area contributed by atoms with Crippen molar-refractivity contribution in [2.24, 2.45) is 0 Å². The number of aromatic carboxylic acids is 1. The molecule has 0 saturated carbocycles. The monoisotopic (exact) mass is 264 g/mol. The Morgan fingerprint density at radius 3 is 2.47 bits per heavy atom. The first-order chi connectivity index (χ1) is 9.07. The number of esters is 1. The molecule has 0 aliphatic rings. The topological polar surface area (TPSA) is 63.6 Å². The summed E-state index contributed by atoms with van der Waals surface area (Å²) in [6, 6.07) is 4.63. The maximum atomic E-state index is 11.9. The van der Waals surface area contributed by atoms with Crippen molar-refractivity contribution in [2.75, 3.05) is 6.61 Å². The summed E-state index contributed by atoms with van der Waals surface area (Å²) < 4.78 is 5.16. The van der Waals surface area contributed by atoms with Crippen molar-refractivity contribution < 1.29 is 19.4 Å². The molecule has 0 heterocycles. The Kier molecular flexibility index (Phi) is 6.06. The molecule has 0 radical (unpaired) electrons. The predicted octanol–water partition coefficient (Wildman–Crippen LogP) is 3.43. The zero-order valence-corrected chi connectivity index (χ0v) is 11.4. The van der Waals surface area contributed by atoms with Crippen molar-refractivity contribution in [2.45, 2.75) is 39.5 Å². The number of carboxylic acid groups (broad SMARTS) is 1. The molecule has 0 atom stereocenters. The number of ether oxygens (including phenoxy) is 1. The third-order valence-corrected chi connectivity index (χ3v) is 3.02. The Morgan fingerprint density at radius 2 is 1.84 bits per heavy atom. The molecule has 4 nitrogen and oxygen atoms in total. The van der Waals surface area contributed by atoms with Crippen LogP contribution in [0.5, 0.6) is 0 Å². The summed E-state index contributed by atoms with van der Waals surface area (Å²) in [7, 11) is 0. The number of carbonyl (C=O) groups is 2. The number of benzene rings is 1. The summed E-state index contributed by atoms with van der Waals surface area (Å²) in [6.45, 7) is 4.12. The van der Waals surface area contributed by atoms with Crippen LogP contribution in [0.1, 0.15) is 58.9 Å². The molecule has 1 rings (SSSR count). The van der Waals surface area contributed by atoms with Crippen molar-refractivity contribution in [3.63, 3.8) is 0 Å². The lowest BCUT2D eigenvalue weighted by atomic mass is 10.0. The second-order valence-electron chi connectivity index (χ2n) is 4.48. The molecule has 0 unspecified atom stereocenters. The molecule has 0 fully saturated rings. The molecular formula is C15H20O4. The van der Waals surface area contributed by atoms with Crippen LogP contribution in [0.4, 0.5) is 0 Å². The van der Waals surface area contributed by atoms with Crippen molar-refractivity contribution in [3.8, 4) is 0 Å². The first-order valence-corrected chi connectivity index (χ1v) is 6.58. The zero-order chi connectivity index (χ0) is 14.3. The quantitative estimate of drug-likeness (QED) is 0.605. The van der Waals surface area contributed by atoms with Gasteiger partial charge in [0.15, 0.2) is 0 Å². The molecule has 4 heteroatoms. The van der Waals surface area contributed by atoms with Gasteiger partial charge >= 0.3 is 11.9 Å². The van der Waals surface area contributed by atoms with Gasteiger partial charge in [0.2, 0.25) is 0 Å². The van der Waals surface area contributed by atoms with Crippen molar-refractivity contribution in [1.29, 1.82) is 0 Å². The van der Waals surface area contributed by atoms with E-state index in [1.54, 1.807) is 19.1 Å². The van der Waals surface area contributed by atoms with Crippen LogP contribution >= 0.6 is 0 Å². The van der Waals surface area contributed by atoms with Gasteiger partial charge in [-0.2, -0.15) is 0 Å². The maximum absolute atomic E-state index is 11.9. The standard InChI is InChI=1S/C15H20O4/c1-3-4-5-6-10-19-15(18)13-9-7-8-12(11(13)2)14(16)17/h7-9H,3-6,10H2,1-2H3,(H,16,17). The van der Waals surface area contributed by atoms with Gasteiger partial charge in [0.1, 0.15) is 0 Å². The molecule has 0 aliphatic carbocycles. The third kappa shape index (κ3) is 4.39. The van der Waals surface area contributed by atoms with Crippen LogP contribution in [0.15, 0.2) is 18.2 Å². The van der Waals surface area contributed by atoms with E-state index < -0.39 is 11.9 Å². The fourth-order valence-corrected chi connectivity index (χ4v) is 1.86. The average molecular weight is 264 g/mol. The highest BCUT2D eigenvalue weighted by Crippen LogP contribution is 2.15. The lowest BCUT2D eigenvalue weighted by molar-refractivity contribution is 0.0497. The second-order valence-corrected chi connectivity index (χ2v) is 4.48. The van der Waals surface area contributed by atoms with Crippen LogP contribution in [0.3, 0.4) is 0 Å². The maximum Gasteiger partial charge on any atom is 0.338 e. The molecule has 0 bridgehead atoms. The van der Waals surface area contributed by atoms with Crippen LogP contribution < -0.4 is 0 Å². The average Bonchev–Trinajstić information content (AvgIpc) is 2.38. The van der Waals surface area contributed by atoms with E-state index in [2.05, 4.69) is 6.92 Å². The van der Waals surface area contributed by atoms with Gasteiger partial charge < -0.3 is 9.84 Å². The van der Waals surface area contributed by atoms with E-state index in [1.165, 1.54) is 6.07 Å². The molecule has 0 aromatic heterocycles. The minimum atomic E-state index is -1.03. The Balaban J connectivity index is 2.62. The molecule has 0 spiro atoms. The summed E-state index contributed by atoms with van der Waals surface area (Å²) in [5, 5.41) is 8.99. The van der Waals surface area contributed by atoms with Crippen LogP contribution in [0.25, 0.3) is 0 Å². The number of hydrogen-bond donors (Lipinski definition) is 1. The van der Waals surface area contributed by atoms with Gasteiger partial charge in [-0.15, -0.1) is 0 Å². The number of carboxylic acids is 1. The van der Waals surface area contributed by atoms with Crippen molar-refractivity contribution >= 4 is 11.9 Å². The fourth-order valence-electron chi connectivity index (χ4n) is 1.86. The third-order valence-electron chi connectivity index (χ3n) is 3.02. The molecule has 0 amide bonds. The first-order valence-electron chi connectivity index (χ1n) is 6.58. The zero-order valence-electron chi connectivity index (χ0n) is 11.4. The number of unbranched alkanes of at least 4 members (excludes halogenated alkanes) is 3. The highest BCUT2D eigenvalue weighted by Gasteiger charge is 2.15. The van der Waals surface area contributed by atoms with Crippen LogP contribution in [0, 0.1) is 6.92 Å². The Labute approximate surface area is 113 Å². The smallest absolute Gasteiger partial charge is 0.338 e. The lowest BCUT2D eigenvalue weighted by Crippen LogP contribution is -2.11.